The Kier molecular flexibility index (Phi) is 2.91. The van der Waals surface area contributed by atoms with Gasteiger partial charge in [0, 0.05) is 12.2 Å². The number of nitrogens with zero attached hydrogens (tertiary/aromatic N) is 1. The zero-order valence-electron chi connectivity index (χ0n) is 8.94. The predicted octanol–water partition coefficient (Wildman–Crippen LogP) is 1.97. The Hall–Kier alpha value is -1.09. The molecular formula is C12H16N2S. The Balaban J connectivity index is 2.29. The number of thiocarbonyl (C=S) groups is 1. The zero-order valence-corrected chi connectivity index (χ0v) is 9.76. The quantitative estimate of drug-likeness (QED) is 0.773. The molecule has 0 radical (unpaired) electrons. The van der Waals surface area contributed by atoms with Gasteiger partial charge in [-0.1, -0.05) is 37.3 Å². The summed E-state index contributed by atoms with van der Waals surface area (Å²) in [6.07, 6.45) is 1.16. The SMILES string of the molecule is CC1Cc2ccccc2N(CC(N)=S)C1. The first-order chi connectivity index (χ1) is 7.16. The van der Waals surface area contributed by atoms with Crippen LogP contribution in [0.2, 0.25) is 0 Å². The number of anilines is 1. The number of hydrogen-bond donors (Lipinski definition) is 1. The van der Waals surface area contributed by atoms with E-state index in [4.69, 9.17) is 18.0 Å². The fourth-order valence-electron chi connectivity index (χ4n) is 2.24. The Bertz CT molecular complexity index is 376. The molecule has 2 rings (SSSR count). The van der Waals surface area contributed by atoms with E-state index in [-0.39, 0.29) is 0 Å². The van der Waals surface area contributed by atoms with Gasteiger partial charge in [-0.2, -0.15) is 0 Å². The van der Waals surface area contributed by atoms with E-state index in [2.05, 4.69) is 36.1 Å². The summed E-state index contributed by atoms with van der Waals surface area (Å²) in [4.78, 5) is 2.85. The van der Waals surface area contributed by atoms with Crippen molar-refractivity contribution in [2.24, 2.45) is 11.7 Å². The van der Waals surface area contributed by atoms with E-state index in [1.807, 2.05) is 0 Å². The van der Waals surface area contributed by atoms with Crippen LogP contribution in [0, 0.1) is 5.92 Å². The lowest BCUT2D eigenvalue weighted by Gasteiger charge is -2.34. The Morgan fingerprint density at radius 2 is 2.27 bits per heavy atom. The third kappa shape index (κ3) is 2.29. The number of rotatable bonds is 2. The van der Waals surface area contributed by atoms with Gasteiger partial charge in [0.15, 0.2) is 0 Å². The molecule has 2 nitrogen and oxygen atoms in total. The van der Waals surface area contributed by atoms with Crippen molar-refractivity contribution >= 4 is 22.9 Å². The molecule has 0 saturated carbocycles. The highest BCUT2D eigenvalue weighted by atomic mass is 32.1. The monoisotopic (exact) mass is 220 g/mol. The Morgan fingerprint density at radius 1 is 1.53 bits per heavy atom. The van der Waals surface area contributed by atoms with Crippen LogP contribution < -0.4 is 10.6 Å². The van der Waals surface area contributed by atoms with Crippen molar-refractivity contribution in [3.05, 3.63) is 29.8 Å². The van der Waals surface area contributed by atoms with Gasteiger partial charge in [0.2, 0.25) is 0 Å². The average molecular weight is 220 g/mol. The smallest absolute Gasteiger partial charge is 0.0923 e. The van der Waals surface area contributed by atoms with Gasteiger partial charge in [-0.3, -0.25) is 0 Å². The minimum absolute atomic E-state index is 0.568. The third-order valence-corrected chi connectivity index (χ3v) is 2.91. The summed E-state index contributed by atoms with van der Waals surface area (Å²) in [5, 5.41) is 0. The Morgan fingerprint density at radius 3 is 3.00 bits per heavy atom. The van der Waals surface area contributed by atoms with Crippen molar-refractivity contribution in [3.8, 4) is 0 Å². The number of fused-ring (bicyclic) bond motifs is 1. The molecule has 0 aromatic heterocycles. The van der Waals surface area contributed by atoms with Crippen molar-refractivity contribution in [1.29, 1.82) is 0 Å². The minimum Gasteiger partial charge on any atom is -0.392 e. The van der Waals surface area contributed by atoms with Crippen molar-refractivity contribution in [2.75, 3.05) is 18.0 Å². The van der Waals surface area contributed by atoms with Crippen molar-refractivity contribution in [1.82, 2.24) is 0 Å². The first-order valence-corrected chi connectivity index (χ1v) is 5.69. The second-order valence-electron chi connectivity index (χ2n) is 4.28. The summed E-state index contributed by atoms with van der Waals surface area (Å²) in [7, 11) is 0. The molecule has 1 heterocycles. The maximum Gasteiger partial charge on any atom is 0.0923 e. The number of benzene rings is 1. The summed E-state index contributed by atoms with van der Waals surface area (Å²) >= 11 is 4.98. The molecule has 0 bridgehead atoms. The number of nitrogens with two attached hydrogens (primary N) is 1. The molecule has 1 aromatic rings. The molecule has 3 heteroatoms. The summed E-state index contributed by atoms with van der Waals surface area (Å²) in [5.41, 5.74) is 8.32. The molecule has 15 heavy (non-hydrogen) atoms. The highest BCUT2D eigenvalue weighted by molar-refractivity contribution is 7.80. The Labute approximate surface area is 96.1 Å². The molecule has 0 spiro atoms. The molecule has 0 aliphatic carbocycles. The molecule has 0 amide bonds. The van der Waals surface area contributed by atoms with Gasteiger partial charge in [0.25, 0.3) is 0 Å². The lowest BCUT2D eigenvalue weighted by atomic mass is 9.94. The summed E-state index contributed by atoms with van der Waals surface area (Å²) in [6, 6.07) is 8.51. The van der Waals surface area contributed by atoms with Crippen LogP contribution in [0.25, 0.3) is 0 Å². The largest absolute Gasteiger partial charge is 0.392 e. The van der Waals surface area contributed by atoms with Crippen LogP contribution in [0.1, 0.15) is 12.5 Å². The number of para-hydroxylation sites is 1. The van der Waals surface area contributed by atoms with Crippen LogP contribution in [0.3, 0.4) is 0 Å². The van der Waals surface area contributed by atoms with E-state index < -0.39 is 0 Å². The first-order valence-electron chi connectivity index (χ1n) is 5.28. The van der Waals surface area contributed by atoms with Gasteiger partial charge >= 0.3 is 0 Å². The highest BCUT2D eigenvalue weighted by Crippen LogP contribution is 2.28. The summed E-state index contributed by atoms with van der Waals surface area (Å²) in [5.74, 6) is 0.675. The molecule has 2 N–H and O–H groups in total. The van der Waals surface area contributed by atoms with E-state index in [1.54, 1.807) is 0 Å². The van der Waals surface area contributed by atoms with Crippen molar-refractivity contribution < 1.29 is 0 Å². The van der Waals surface area contributed by atoms with Crippen molar-refractivity contribution in [3.63, 3.8) is 0 Å². The fraction of sp³-hybridized carbons (Fsp3) is 0.417. The van der Waals surface area contributed by atoms with Crippen LogP contribution in [0.15, 0.2) is 24.3 Å². The maximum absolute atomic E-state index is 5.62. The second-order valence-corrected chi connectivity index (χ2v) is 4.81. The van der Waals surface area contributed by atoms with Crippen LogP contribution >= 0.6 is 12.2 Å². The van der Waals surface area contributed by atoms with Crippen LogP contribution in [0.4, 0.5) is 5.69 Å². The van der Waals surface area contributed by atoms with E-state index in [9.17, 15) is 0 Å². The van der Waals surface area contributed by atoms with E-state index >= 15 is 0 Å². The third-order valence-electron chi connectivity index (χ3n) is 2.78. The fourth-order valence-corrected chi connectivity index (χ4v) is 2.40. The topological polar surface area (TPSA) is 29.3 Å². The molecule has 1 aromatic carbocycles. The average Bonchev–Trinajstić information content (AvgIpc) is 2.16. The van der Waals surface area contributed by atoms with E-state index in [1.165, 1.54) is 11.3 Å². The van der Waals surface area contributed by atoms with Crippen LogP contribution in [0.5, 0.6) is 0 Å². The van der Waals surface area contributed by atoms with Gasteiger partial charge in [-0.25, -0.2) is 0 Å². The summed E-state index contributed by atoms with van der Waals surface area (Å²) < 4.78 is 0. The molecule has 0 fully saturated rings. The predicted molar refractivity (Wildman–Crippen MR) is 68.3 cm³/mol. The summed E-state index contributed by atoms with van der Waals surface area (Å²) in [6.45, 7) is 4.01. The van der Waals surface area contributed by atoms with Gasteiger partial charge in [0.05, 0.1) is 11.5 Å². The molecule has 1 atom stereocenters. The van der Waals surface area contributed by atoms with Gasteiger partial charge in [-0.05, 0) is 24.0 Å². The zero-order chi connectivity index (χ0) is 10.8. The van der Waals surface area contributed by atoms with Gasteiger partial charge in [-0.15, -0.1) is 0 Å². The van der Waals surface area contributed by atoms with Crippen molar-refractivity contribution in [2.45, 2.75) is 13.3 Å². The van der Waals surface area contributed by atoms with Gasteiger partial charge < -0.3 is 10.6 Å². The van der Waals surface area contributed by atoms with Crippen LogP contribution in [-0.4, -0.2) is 18.1 Å². The lowest BCUT2D eigenvalue weighted by Crippen LogP contribution is -2.39. The number of hydrogen-bond acceptors (Lipinski definition) is 2. The lowest BCUT2D eigenvalue weighted by molar-refractivity contribution is 0.545. The normalized spacial score (nSPS) is 19.8. The molecule has 80 valence electrons. The molecule has 0 saturated heterocycles. The molecule has 1 aliphatic heterocycles. The standard InChI is InChI=1S/C12H16N2S/c1-9-6-10-4-2-3-5-11(10)14(7-9)8-12(13)15/h2-5,9H,6-8H2,1H3,(H2,13,15). The van der Waals surface area contributed by atoms with Gasteiger partial charge in [0.1, 0.15) is 0 Å². The maximum atomic E-state index is 5.62. The molecular weight excluding hydrogens is 204 g/mol. The molecule has 1 unspecified atom stereocenters. The second kappa shape index (κ2) is 4.19. The highest BCUT2D eigenvalue weighted by Gasteiger charge is 2.21. The van der Waals surface area contributed by atoms with Crippen LogP contribution in [-0.2, 0) is 6.42 Å². The first kappa shape index (κ1) is 10.4. The minimum atomic E-state index is 0.568. The van der Waals surface area contributed by atoms with E-state index in [0.29, 0.717) is 17.5 Å². The van der Waals surface area contributed by atoms with E-state index in [0.717, 1.165) is 13.0 Å². The molecule has 1 aliphatic rings.